The summed E-state index contributed by atoms with van der Waals surface area (Å²) >= 11 is 0. The first-order valence-electron chi connectivity index (χ1n) is 30.2. The van der Waals surface area contributed by atoms with Crippen molar-refractivity contribution in [1.82, 2.24) is 5.32 Å². The standard InChI is InChI=1S/C61H115NO8/c1-3-5-7-9-11-13-15-17-19-21-23-24-25-26-27-28-29-30-31-32-33-34-36-38-40-42-44-46-48-50-55(64)54(53-69-61-60(68)59(67)58(66)56(52-63)70-61)62-57(65)51-49-47-45-43-41-39-37-35-22-20-18-16-14-12-10-8-6-4-2/h33-34,40,42,48,50,54-56,58-61,63-64,66-68H,3-32,35-39,41,43-47,49,51-53H2,1-2H3,(H,62,65)/b34-33+,42-40+,50-48+. The lowest BCUT2D eigenvalue weighted by Gasteiger charge is -2.40. The number of hydrogen-bond donors (Lipinski definition) is 6. The highest BCUT2D eigenvalue weighted by Gasteiger charge is 2.44. The normalized spacial score (nSPS) is 19.6. The fourth-order valence-electron chi connectivity index (χ4n) is 9.66. The lowest BCUT2D eigenvalue weighted by Crippen LogP contribution is -2.60. The summed E-state index contributed by atoms with van der Waals surface area (Å²) in [4.78, 5) is 13.0. The summed E-state index contributed by atoms with van der Waals surface area (Å²) < 4.78 is 11.3. The molecule has 1 fully saturated rings. The van der Waals surface area contributed by atoms with Crippen molar-refractivity contribution in [3.63, 3.8) is 0 Å². The molecule has 0 aromatic heterocycles. The van der Waals surface area contributed by atoms with Crippen molar-refractivity contribution >= 4 is 5.91 Å². The number of carbonyl (C=O) groups is 1. The molecule has 1 amide bonds. The van der Waals surface area contributed by atoms with Gasteiger partial charge in [0.2, 0.25) is 5.91 Å². The van der Waals surface area contributed by atoms with Gasteiger partial charge in [-0.2, -0.15) is 0 Å². The van der Waals surface area contributed by atoms with Crippen LogP contribution in [0.2, 0.25) is 0 Å². The average Bonchev–Trinajstić information content (AvgIpc) is 3.36. The van der Waals surface area contributed by atoms with Crippen LogP contribution in [0.3, 0.4) is 0 Å². The van der Waals surface area contributed by atoms with E-state index in [4.69, 9.17) is 9.47 Å². The summed E-state index contributed by atoms with van der Waals surface area (Å²) in [6.45, 7) is 3.79. The first kappa shape index (κ1) is 66.4. The van der Waals surface area contributed by atoms with E-state index >= 15 is 0 Å². The minimum absolute atomic E-state index is 0.186. The van der Waals surface area contributed by atoms with Crippen LogP contribution < -0.4 is 5.32 Å². The zero-order valence-corrected chi connectivity index (χ0v) is 45.8. The first-order valence-corrected chi connectivity index (χ1v) is 30.2. The highest BCUT2D eigenvalue weighted by atomic mass is 16.7. The number of rotatable bonds is 52. The second kappa shape index (κ2) is 50.9. The van der Waals surface area contributed by atoms with Gasteiger partial charge < -0.3 is 40.3 Å². The van der Waals surface area contributed by atoms with Crippen LogP contribution >= 0.6 is 0 Å². The molecule has 412 valence electrons. The fourth-order valence-corrected chi connectivity index (χ4v) is 9.66. The molecule has 0 aromatic carbocycles. The average molecular weight is 991 g/mol. The van der Waals surface area contributed by atoms with Gasteiger partial charge in [0.1, 0.15) is 24.4 Å². The number of ether oxygens (including phenoxy) is 2. The van der Waals surface area contributed by atoms with Crippen molar-refractivity contribution in [3.05, 3.63) is 36.5 Å². The van der Waals surface area contributed by atoms with Crippen molar-refractivity contribution in [1.29, 1.82) is 0 Å². The van der Waals surface area contributed by atoms with Gasteiger partial charge in [-0.05, 0) is 44.9 Å². The van der Waals surface area contributed by atoms with E-state index in [-0.39, 0.29) is 12.5 Å². The predicted octanol–water partition coefficient (Wildman–Crippen LogP) is 15.1. The third kappa shape index (κ3) is 39.9. The van der Waals surface area contributed by atoms with Crippen molar-refractivity contribution < 1.29 is 39.8 Å². The van der Waals surface area contributed by atoms with E-state index in [1.165, 1.54) is 225 Å². The molecule has 0 aliphatic carbocycles. The Bertz CT molecular complexity index is 1190. The van der Waals surface area contributed by atoms with Crippen LogP contribution in [0.4, 0.5) is 0 Å². The van der Waals surface area contributed by atoms with Crippen LogP contribution in [0.25, 0.3) is 0 Å². The van der Waals surface area contributed by atoms with Gasteiger partial charge in [0.25, 0.3) is 0 Å². The largest absolute Gasteiger partial charge is 0.394 e. The number of hydrogen-bond acceptors (Lipinski definition) is 8. The Morgan fingerprint density at radius 1 is 0.471 bits per heavy atom. The number of nitrogens with one attached hydrogen (secondary N) is 1. The number of aliphatic hydroxyl groups excluding tert-OH is 5. The highest BCUT2D eigenvalue weighted by Crippen LogP contribution is 2.23. The van der Waals surface area contributed by atoms with E-state index in [0.717, 1.165) is 44.9 Å². The Kier molecular flexibility index (Phi) is 48.3. The molecule has 1 aliphatic rings. The summed E-state index contributed by atoms with van der Waals surface area (Å²) in [7, 11) is 0. The van der Waals surface area contributed by atoms with Gasteiger partial charge >= 0.3 is 0 Å². The van der Waals surface area contributed by atoms with Gasteiger partial charge in [0, 0.05) is 6.42 Å². The summed E-state index contributed by atoms with van der Waals surface area (Å²) in [5, 5.41) is 54.5. The Morgan fingerprint density at radius 2 is 0.814 bits per heavy atom. The monoisotopic (exact) mass is 990 g/mol. The molecule has 0 aromatic rings. The van der Waals surface area contributed by atoms with Crippen LogP contribution in [0, 0.1) is 0 Å². The molecule has 1 saturated heterocycles. The second-order valence-corrected chi connectivity index (χ2v) is 21.1. The van der Waals surface area contributed by atoms with E-state index in [1.807, 2.05) is 6.08 Å². The summed E-state index contributed by atoms with van der Waals surface area (Å²) in [5.74, 6) is -0.186. The Hall–Kier alpha value is -1.59. The van der Waals surface area contributed by atoms with Crippen LogP contribution in [-0.2, 0) is 14.3 Å². The zero-order valence-electron chi connectivity index (χ0n) is 45.8. The summed E-state index contributed by atoms with van der Waals surface area (Å²) in [6, 6.07) is -0.826. The molecule has 1 rings (SSSR count). The molecule has 6 N–H and O–H groups in total. The SMILES string of the molecule is CCCCCCCCCCCCCCCCCCCCC/C=C/CC/C=C/CC/C=C/C(O)C(COC1OC(CO)C(O)C(O)C1O)NC(=O)CCCCCCCCCCCCCCCCCCCC. The van der Waals surface area contributed by atoms with Crippen molar-refractivity contribution in [3.8, 4) is 0 Å². The van der Waals surface area contributed by atoms with Gasteiger partial charge in [0.15, 0.2) is 6.29 Å². The maximum absolute atomic E-state index is 13.0. The number of amides is 1. The molecule has 0 saturated carbocycles. The molecule has 1 heterocycles. The third-order valence-electron chi connectivity index (χ3n) is 14.4. The number of carbonyl (C=O) groups excluding carboxylic acids is 1. The van der Waals surface area contributed by atoms with Crippen molar-refractivity contribution in [2.24, 2.45) is 0 Å². The molecule has 0 radical (unpaired) electrons. The van der Waals surface area contributed by atoms with Gasteiger partial charge in [-0.3, -0.25) is 4.79 Å². The maximum atomic E-state index is 13.0. The quantitative estimate of drug-likeness (QED) is 0.0261. The van der Waals surface area contributed by atoms with Crippen molar-refractivity contribution in [2.45, 2.75) is 333 Å². The maximum Gasteiger partial charge on any atom is 0.220 e. The fraction of sp³-hybridized carbons (Fsp3) is 0.885. The lowest BCUT2D eigenvalue weighted by atomic mass is 9.99. The lowest BCUT2D eigenvalue weighted by molar-refractivity contribution is -0.302. The summed E-state index contributed by atoms with van der Waals surface area (Å²) in [5.41, 5.74) is 0. The summed E-state index contributed by atoms with van der Waals surface area (Å²) in [6.07, 6.45) is 59.4. The van der Waals surface area contributed by atoms with E-state index in [9.17, 15) is 30.3 Å². The van der Waals surface area contributed by atoms with Crippen LogP contribution in [0.1, 0.15) is 290 Å². The second-order valence-electron chi connectivity index (χ2n) is 21.1. The van der Waals surface area contributed by atoms with Gasteiger partial charge in [0.05, 0.1) is 25.4 Å². The number of allylic oxidation sites excluding steroid dienone is 5. The molecular weight excluding hydrogens is 875 g/mol. The molecule has 7 unspecified atom stereocenters. The van der Waals surface area contributed by atoms with E-state index in [2.05, 4.69) is 43.5 Å². The minimum atomic E-state index is -1.57. The molecule has 7 atom stereocenters. The van der Waals surface area contributed by atoms with Gasteiger partial charge in [-0.25, -0.2) is 0 Å². The topological polar surface area (TPSA) is 149 Å². The molecular formula is C61H115NO8. The first-order chi connectivity index (χ1) is 34.3. The highest BCUT2D eigenvalue weighted by molar-refractivity contribution is 5.76. The zero-order chi connectivity index (χ0) is 50.8. The van der Waals surface area contributed by atoms with E-state index in [0.29, 0.717) is 6.42 Å². The van der Waals surface area contributed by atoms with E-state index in [1.54, 1.807) is 6.08 Å². The molecule has 70 heavy (non-hydrogen) atoms. The smallest absolute Gasteiger partial charge is 0.220 e. The molecule has 0 bridgehead atoms. The molecule has 9 nitrogen and oxygen atoms in total. The third-order valence-corrected chi connectivity index (χ3v) is 14.4. The van der Waals surface area contributed by atoms with Crippen LogP contribution in [-0.4, -0.2) is 87.5 Å². The van der Waals surface area contributed by atoms with Gasteiger partial charge in [-0.15, -0.1) is 0 Å². The van der Waals surface area contributed by atoms with Crippen molar-refractivity contribution in [2.75, 3.05) is 13.2 Å². The minimum Gasteiger partial charge on any atom is -0.394 e. The number of unbranched alkanes of at least 4 members (excludes halogenated alkanes) is 38. The Balaban J connectivity index is 2.22. The number of aliphatic hydroxyl groups is 5. The Morgan fingerprint density at radius 3 is 1.20 bits per heavy atom. The Labute approximate surface area is 431 Å². The molecule has 0 spiro atoms. The van der Waals surface area contributed by atoms with Crippen LogP contribution in [0.15, 0.2) is 36.5 Å². The molecule has 9 heteroatoms. The molecule has 1 aliphatic heterocycles. The van der Waals surface area contributed by atoms with Gasteiger partial charge in [-0.1, -0.05) is 275 Å². The predicted molar refractivity (Wildman–Crippen MR) is 295 cm³/mol. The van der Waals surface area contributed by atoms with E-state index < -0.39 is 49.5 Å². The van der Waals surface area contributed by atoms with Crippen LogP contribution in [0.5, 0.6) is 0 Å².